The van der Waals surface area contributed by atoms with E-state index in [0.29, 0.717) is 10.8 Å². The zero-order valence-electron chi connectivity index (χ0n) is 12.3. The van der Waals surface area contributed by atoms with E-state index < -0.39 is 0 Å². The summed E-state index contributed by atoms with van der Waals surface area (Å²) < 4.78 is 0.295. The maximum atomic E-state index is 11.8. The molecular formula is C15H23N3OS. The van der Waals surface area contributed by atoms with Crippen molar-refractivity contribution in [3.05, 3.63) is 29.8 Å². The van der Waals surface area contributed by atoms with Gasteiger partial charge in [-0.3, -0.25) is 0 Å². The molecule has 2 amide bonds. The molecule has 0 spiro atoms. The normalized spacial score (nSPS) is 17.4. The van der Waals surface area contributed by atoms with Gasteiger partial charge in [-0.25, -0.2) is 4.79 Å². The van der Waals surface area contributed by atoms with E-state index in [2.05, 4.69) is 29.1 Å². The first kappa shape index (κ1) is 15.2. The van der Waals surface area contributed by atoms with Gasteiger partial charge in [-0.2, -0.15) is 11.8 Å². The van der Waals surface area contributed by atoms with E-state index in [1.54, 1.807) is 0 Å². The molecule has 1 aliphatic rings. The third-order valence-electron chi connectivity index (χ3n) is 3.91. The summed E-state index contributed by atoms with van der Waals surface area (Å²) in [4.78, 5) is 11.8. The highest BCUT2D eigenvalue weighted by Crippen LogP contribution is 2.46. The zero-order valence-corrected chi connectivity index (χ0v) is 13.1. The van der Waals surface area contributed by atoms with Crippen LogP contribution in [0, 0.1) is 0 Å². The first-order valence-corrected chi connectivity index (χ1v) is 8.18. The molecule has 1 atom stereocenters. The van der Waals surface area contributed by atoms with Crippen LogP contribution >= 0.6 is 11.8 Å². The van der Waals surface area contributed by atoms with Crippen LogP contribution in [-0.4, -0.2) is 30.6 Å². The molecular weight excluding hydrogens is 270 g/mol. The van der Waals surface area contributed by atoms with Crippen molar-refractivity contribution in [1.29, 1.82) is 0 Å². The molecule has 1 aromatic carbocycles. The van der Waals surface area contributed by atoms with Crippen molar-refractivity contribution < 1.29 is 4.79 Å². The standard InChI is InChI=1S/C15H23N3OS/c1-11(16-2)12-4-6-13(7-5-12)18-14(19)17-10-15(20-3)8-9-15/h4-7,11,16H,8-10H2,1-3H3,(H2,17,18,19). The van der Waals surface area contributed by atoms with E-state index in [-0.39, 0.29) is 6.03 Å². The smallest absolute Gasteiger partial charge is 0.319 e. The van der Waals surface area contributed by atoms with Crippen molar-refractivity contribution in [2.24, 2.45) is 0 Å². The average molecular weight is 293 g/mol. The zero-order chi connectivity index (χ0) is 14.6. The summed E-state index contributed by atoms with van der Waals surface area (Å²) in [6.07, 6.45) is 4.50. The van der Waals surface area contributed by atoms with Gasteiger partial charge in [0.1, 0.15) is 0 Å². The van der Waals surface area contributed by atoms with Crippen LogP contribution in [0.5, 0.6) is 0 Å². The Morgan fingerprint density at radius 2 is 2.00 bits per heavy atom. The summed E-state index contributed by atoms with van der Waals surface area (Å²) >= 11 is 1.84. The lowest BCUT2D eigenvalue weighted by molar-refractivity contribution is 0.252. The molecule has 1 saturated carbocycles. The van der Waals surface area contributed by atoms with Gasteiger partial charge in [-0.05, 0) is 50.8 Å². The van der Waals surface area contributed by atoms with Crippen molar-refractivity contribution in [1.82, 2.24) is 10.6 Å². The Labute approximate surface area is 125 Å². The summed E-state index contributed by atoms with van der Waals surface area (Å²) in [5.41, 5.74) is 2.03. The highest BCUT2D eigenvalue weighted by Gasteiger charge is 2.41. The lowest BCUT2D eigenvalue weighted by atomic mass is 10.1. The summed E-state index contributed by atoms with van der Waals surface area (Å²) in [5, 5.41) is 9.01. The highest BCUT2D eigenvalue weighted by atomic mass is 32.2. The van der Waals surface area contributed by atoms with Crippen molar-refractivity contribution in [3.63, 3.8) is 0 Å². The van der Waals surface area contributed by atoms with E-state index >= 15 is 0 Å². The Bertz CT molecular complexity index is 457. The first-order chi connectivity index (χ1) is 9.58. The van der Waals surface area contributed by atoms with Gasteiger partial charge in [0.15, 0.2) is 0 Å². The molecule has 3 N–H and O–H groups in total. The minimum absolute atomic E-state index is 0.125. The fourth-order valence-corrected chi connectivity index (χ4v) is 2.76. The number of thioether (sulfide) groups is 1. The summed E-state index contributed by atoms with van der Waals surface area (Å²) in [5.74, 6) is 0. The van der Waals surface area contributed by atoms with E-state index in [4.69, 9.17) is 0 Å². The molecule has 0 heterocycles. The molecule has 0 saturated heterocycles. The molecule has 2 rings (SSSR count). The Hall–Kier alpha value is -1.20. The van der Waals surface area contributed by atoms with Crippen molar-refractivity contribution >= 4 is 23.5 Å². The van der Waals surface area contributed by atoms with Gasteiger partial charge >= 0.3 is 6.03 Å². The number of nitrogens with one attached hydrogen (secondary N) is 3. The van der Waals surface area contributed by atoms with Gasteiger partial charge in [0.2, 0.25) is 0 Å². The minimum Gasteiger partial charge on any atom is -0.336 e. The summed E-state index contributed by atoms with van der Waals surface area (Å²) in [7, 11) is 1.93. The third-order valence-corrected chi connectivity index (χ3v) is 5.33. The number of benzene rings is 1. The van der Waals surface area contributed by atoms with Crippen LogP contribution in [0.2, 0.25) is 0 Å². The molecule has 0 aliphatic heterocycles. The summed E-state index contributed by atoms with van der Waals surface area (Å²) in [6.45, 7) is 2.85. The second kappa shape index (κ2) is 6.50. The fraction of sp³-hybridized carbons (Fsp3) is 0.533. The second-order valence-corrected chi connectivity index (χ2v) is 6.60. The molecule has 0 radical (unpaired) electrons. The number of hydrogen-bond donors (Lipinski definition) is 3. The van der Waals surface area contributed by atoms with Crippen LogP contribution in [-0.2, 0) is 0 Å². The van der Waals surface area contributed by atoms with Gasteiger partial charge in [-0.15, -0.1) is 0 Å². The molecule has 1 aliphatic carbocycles. The number of urea groups is 1. The Morgan fingerprint density at radius 3 is 2.50 bits per heavy atom. The molecule has 20 heavy (non-hydrogen) atoms. The molecule has 1 aromatic rings. The molecule has 0 aromatic heterocycles. The number of amides is 2. The number of carbonyl (C=O) groups excluding carboxylic acids is 1. The molecule has 1 unspecified atom stereocenters. The van der Waals surface area contributed by atoms with Gasteiger partial charge < -0.3 is 16.0 Å². The van der Waals surface area contributed by atoms with Gasteiger partial charge in [-0.1, -0.05) is 12.1 Å². The van der Waals surface area contributed by atoms with Crippen LogP contribution < -0.4 is 16.0 Å². The Balaban J connectivity index is 1.82. The van der Waals surface area contributed by atoms with Gasteiger partial charge in [0, 0.05) is 23.0 Å². The number of anilines is 1. The predicted octanol–water partition coefficient (Wildman–Crippen LogP) is 2.98. The maximum absolute atomic E-state index is 11.8. The molecule has 1 fully saturated rings. The predicted molar refractivity (Wildman–Crippen MR) is 86.4 cm³/mol. The van der Waals surface area contributed by atoms with E-state index in [9.17, 15) is 4.79 Å². The number of rotatable bonds is 6. The van der Waals surface area contributed by atoms with E-state index in [1.807, 2.05) is 43.1 Å². The molecule has 0 bridgehead atoms. The van der Waals surface area contributed by atoms with Crippen LogP contribution in [0.3, 0.4) is 0 Å². The molecule has 110 valence electrons. The van der Waals surface area contributed by atoms with Crippen molar-refractivity contribution in [2.45, 2.75) is 30.6 Å². The Kier molecular flexibility index (Phi) is 4.94. The number of hydrogen-bond acceptors (Lipinski definition) is 3. The third kappa shape index (κ3) is 3.90. The van der Waals surface area contributed by atoms with Crippen molar-refractivity contribution in [3.8, 4) is 0 Å². The topological polar surface area (TPSA) is 53.2 Å². The highest BCUT2D eigenvalue weighted by molar-refractivity contribution is 8.00. The first-order valence-electron chi connectivity index (χ1n) is 6.96. The largest absolute Gasteiger partial charge is 0.336 e. The van der Waals surface area contributed by atoms with Gasteiger partial charge in [0.05, 0.1) is 0 Å². The molecule has 4 nitrogen and oxygen atoms in total. The lowest BCUT2D eigenvalue weighted by Crippen LogP contribution is -2.35. The van der Waals surface area contributed by atoms with E-state index in [1.165, 1.54) is 18.4 Å². The lowest BCUT2D eigenvalue weighted by Gasteiger charge is -2.14. The van der Waals surface area contributed by atoms with E-state index in [0.717, 1.165) is 12.2 Å². The monoisotopic (exact) mass is 293 g/mol. The summed E-state index contributed by atoms with van der Waals surface area (Å²) in [6, 6.07) is 8.12. The number of carbonyl (C=O) groups is 1. The van der Waals surface area contributed by atoms with Crippen LogP contribution in [0.25, 0.3) is 0 Å². The minimum atomic E-state index is -0.125. The van der Waals surface area contributed by atoms with Crippen LogP contribution in [0.1, 0.15) is 31.4 Å². The molecule has 5 heteroatoms. The van der Waals surface area contributed by atoms with Crippen molar-refractivity contribution in [2.75, 3.05) is 25.2 Å². The SMILES string of the molecule is CNC(C)c1ccc(NC(=O)NCC2(SC)CC2)cc1. The Morgan fingerprint density at radius 1 is 1.35 bits per heavy atom. The second-order valence-electron chi connectivity index (χ2n) is 5.33. The maximum Gasteiger partial charge on any atom is 0.319 e. The van der Waals surface area contributed by atoms with Gasteiger partial charge in [0.25, 0.3) is 0 Å². The fourth-order valence-electron chi connectivity index (χ4n) is 2.03. The average Bonchev–Trinajstić information content (AvgIpc) is 3.26. The van der Waals surface area contributed by atoms with Crippen LogP contribution in [0.4, 0.5) is 10.5 Å². The van der Waals surface area contributed by atoms with Crippen LogP contribution in [0.15, 0.2) is 24.3 Å². The quantitative estimate of drug-likeness (QED) is 0.756.